The summed E-state index contributed by atoms with van der Waals surface area (Å²) in [5.41, 5.74) is 4.65. The van der Waals surface area contributed by atoms with Crippen molar-refractivity contribution in [2.45, 2.75) is 32.3 Å². The van der Waals surface area contributed by atoms with Gasteiger partial charge >= 0.3 is 0 Å². The van der Waals surface area contributed by atoms with E-state index in [0.717, 1.165) is 67.5 Å². The second kappa shape index (κ2) is 11.0. The van der Waals surface area contributed by atoms with Crippen LogP contribution in [0.1, 0.15) is 36.8 Å². The molecule has 0 radical (unpaired) electrons. The summed E-state index contributed by atoms with van der Waals surface area (Å²) in [6, 6.07) is 12.0. The Morgan fingerprint density at radius 2 is 1.54 bits per heavy atom. The van der Waals surface area contributed by atoms with Crippen molar-refractivity contribution in [3.8, 4) is 5.75 Å². The molecule has 1 aromatic heterocycles. The third-order valence-electron chi connectivity index (χ3n) is 6.04. The predicted molar refractivity (Wildman–Crippen MR) is 139 cm³/mol. The highest BCUT2D eigenvalue weighted by Crippen LogP contribution is 2.24. The van der Waals surface area contributed by atoms with Crippen LogP contribution in [-0.4, -0.2) is 47.3 Å². The van der Waals surface area contributed by atoms with Gasteiger partial charge in [-0.3, -0.25) is 0 Å². The molecule has 3 aromatic rings. The average Bonchev–Trinajstić information content (AvgIpc) is 3.59. The van der Waals surface area contributed by atoms with Gasteiger partial charge in [0.15, 0.2) is 0 Å². The van der Waals surface area contributed by atoms with Crippen LogP contribution in [0, 0.1) is 5.82 Å². The van der Waals surface area contributed by atoms with E-state index in [2.05, 4.69) is 46.2 Å². The van der Waals surface area contributed by atoms with Crippen molar-refractivity contribution in [2.24, 2.45) is 5.10 Å². The Morgan fingerprint density at radius 3 is 2.17 bits per heavy atom. The topological polar surface area (TPSA) is 78.8 Å². The summed E-state index contributed by atoms with van der Waals surface area (Å²) in [5, 5.41) is 4.40. The summed E-state index contributed by atoms with van der Waals surface area (Å²) >= 11 is 3.51. The van der Waals surface area contributed by atoms with E-state index in [9.17, 15) is 4.39 Å². The number of rotatable bonds is 8. The van der Waals surface area contributed by atoms with Gasteiger partial charge in [-0.25, -0.2) is 9.82 Å². The van der Waals surface area contributed by atoms with Crippen molar-refractivity contribution in [2.75, 3.05) is 41.4 Å². The molecule has 8 nitrogen and oxygen atoms in total. The monoisotopic (exact) mass is 539 g/mol. The Kier molecular flexibility index (Phi) is 7.37. The molecular formula is C25H27BrFN7O. The van der Waals surface area contributed by atoms with Crippen LogP contribution in [0.2, 0.25) is 0 Å². The third kappa shape index (κ3) is 6.05. The van der Waals surface area contributed by atoms with Gasteiger partial charge in [0.25, 0.3) is 0 Å². The Labute approximate surface area is 212 Å². The molecule has 2 aromatic carbocycles. The van der Waals surface area contributed by atoms with E-state index in [1.165, 1.54) is 12.1 Å². The number of benzene rings is 2. The van der Waals surface area contributed by atoms with Crippen LogP contribution in [0.3, 0.4) is 0 Å². The van der Waals surface area contributed by atoms with Gasteiger partial charge in [0.2, 0.25) is 17.8 Å². The van der Waals surface area contributed by atoms with Crippen LogP contribution in [0.5, 0.6) is 5.75 Å². The zero-order chi connectivity index (χ0) is 24.0. The summed E-state index contributed by atoms with van der Waals surface area (Å²) < 4.78 is 20.1. The van der Waals surface area contributed by atoms with Gasteiger partial charge in [-0.15, -0.1) is 0 Å². The summed E-state index contributed by atoms with van der Waals surface area (Å²) in [4.78, 5) is 18.4. The molecule has 2 fully saturated rings. The molecule has 0 spiro atoms. The van der Waals surface area contributed by atoms with E-state index >= 15 is 0 Å². The lowest BCUT2D eigenvalue weighted by atomic mass is 10.2. The second-order valence-electron chi connectivity index (χ2n) is 8.61. The molecule has 0 aliphatic carbocycles. The van der Waals surface area contributed by atoms with Crippen LogP contribution < -0.4 is 20.0 Å². The molecule has 2 aliphatic rings. The molecule has 0 unspecified atom stereocenters. The highest BCUT2D eigenvalue weighted by molar-refractivity contribution is 9.10. The molecule has 3 heterocycles. The lowest BCUT2D eigenvalue weighted by Gasteiger charge is -2.20. The maximum atomic E-state index is 13.2. The first-order chi connectivity index (χ1) is 17.1. The average molecular weight is 540 g/mol. The van der Waals surface area contributed by atoms with E-state index in [-0.39, 0.29) is 5.82 Å². The minimum Gasteiger partial charge on any atom is -0.488 e. The first kappa shape index (κ1) is 23.5. The standard InChI is InChI=1S/C25H27BrFN7O/c26-20-7-10-22(35-17-18-5-8-21(27)9-6-18)19(15-20)16-28-32-23-29-24(33-11-1-2-12-33)31-25(30-23)34-13-3-4-14-34/h5-10,15-16H,1-4,11-14,17H2,(H,29,30,31,32)/b28-16-. The van der Waals surface area contributed by atoms with Gasteiger partial charge in [-0.05, 0) is 61.6 Å². The largest absolute Gasteiger partial charge is 0.488 e. The maximum absolute atomic E-state index is 13.2. The quantitative estimate of drug-likeness (QED) is 0.318. The van der Waals surface area contributed by atoms with Gasteiger partial charge in [0, 0.05) is 36.2 Å². The van der Waals surface area contributed by atoms with Crippen molar-refractivity contribution < 1.29 is 9.13 Å². The number of hydrogen-bond acceptors (Lipinski definition) is 8. The van der Waals surface area contributed by atoms with Crippen LogP contribution in [0.25, 0.3) is 0 Å². The Hall–Kier alpha value is -3.27. The van der Waals surface area contributed by atoms with Crippen LogP contribution in [-0.2, 0) is 6.61 Å². The lowest BCUT2D eigenvalue weighted by Crippen LogP contribution is -2.25. The van der Waals surface area contributed by atoms with Crippen LogP contribution in [0.4, 0.5) is 22.2 Å². The van der Waals surface area contributed by atoms with Crippen molar-refractivity contribution in [1.29, 1.82) is 0 Å². The molecule has 35 heavy (non-hydrogen) atoms. The minimum atomic E-state index is -0.268. The first-order valence-electron chi connectivity index (χ1n) is 11.9. The number of ether oxygens (including phenoxy) is 1. The molecule has 182 valence electrons. The summed E-state index contributed by atoms with van der Waals surface area (Å²) in [5.74, 6) is 2.21. The van der Waals surface area contributed by atoms with Gasteiger partial charge < -0.3 is 14.5 Å². The van der Waals surface area contributed by atoms with Crippen molar-refractivity contribution in [3.63, 3.8) is 0 Å². The van der Waals surface area contributed by atoms with E-state index in [4.69, 9.17) is 9.72 Å². The number of nitrogens with zero attached hydrogens (tertiary/aromatic N) is 6. The van der Waals surface area contributed by atoms with Gasteiger partial charge in [0.05, 0.1) is 6.21 Å². The predicted octanol–water partition coefficient (Wildman–Crippen LogP) is 5.00. The fourth-order valence-corrected chi connectivity index (χ4v) is 4.55. The van der Waals surface area contributed by atoms with E-state index in [1.54, 1.807) is 18.3 Å². The molecule has 0 amide bonds. The number of hydrogen-bond donors (Lipinski definition) is 1. The smallest absolute Gasteiger partial charge is 0.250 e. The molecular weight excluding hydrogens is 513 g/mol. The molecule has 5 rings (SSSR count). The summed E-state index contributed by atoms with van der Waals surface area (Å²) in [6.45, 7) is 4.15. The zero-order valence-electron chi connectivity index (χ0n) is 19.3. The lowest BCUT2D eigenvalue weighted by molar-refractivity contribution is 0.305. The molecule has 2 aliphatic heterocycles. The maximum Gasteiger partial charge on any atom is 0.250 e. The first-order valence-corrected chi connectivity index (χ1v) is 12.7. The molecule has 0 saturated carbocycles. The fraction of sp³-hybridized carbons (Fsp3) is 0.360. The number of hydrazone groups is 1. The SMILES string of the molecule is Fc1ccc(COc2ccc(Br)cc2/C=N\Nc2nc(N3CCCC3)nc(N3CCCC3)n2)cc1. The number of nitrogens with one attached hydrogen (secondary N) is 1. The Balaban J connectivity index is 1.32. The van der Waals surface area contributed by atoms with E-state index in [0.29, 0.717) is 30.2 Å². The fourth-order valence-electron chi connectivity index (χ4n) is 4.17. The van der Waals surface area contributed by atoms with Crippen molar-refractivity contribution >= 4 is 40.0 Å². The summed E-state index contributed by atoms with van der Waals surface area (Å²) in [7, 11) is 0. The highest BCUT2D eigenvalue weighted by Gasteiger charge is 2.21. The molecule has 10 heteroatoms. The highest BCUT2D eigenvalue weighted by atomic mass is 79.9. The summed E-state index contributed by atoms with van der Waals surface area (Å²) in [6.07, 6.45) is 6.27. The van der Waals surface area contributed by atoms with Crippen LogP contribution >= 0.6 is 15.9 Å². The van der Waals surface area contributed by atoms with Crippen molar-refractivity contribution in [1.82, 2.24) is 15.0 Å². The van der Waals surface area contributed by atoms with Crippen LogP contribution in [0.15, 0.2) is 52.0 Å². The number of halogens is 2. The molecule has 0 atom stereocenters. The Morgan fingerprint density at radius 1 is 0.914 bits per heavy atom. The van der Waals surface area contributed by atoms with Gasteiger partial charge in [-0.2, -0.15) is 20.1 Å². The van der Waals surface area contributed by atoms with E-state index < -0.39 is 0 Å². The second-order valence-corrected chi connectivity index (χ2v) is 9.53. The Bertz CT molecular complexity index is 1140. The minimum absolute atomic E-state index is 0.268. The molecule has 2 saturated heterocycles. The van der Waals surface area contributed by atoms with Gasteiger partial charge in [0.1, 0.15) is 18.2 Å². The zero-order valence-corrected chi connectivity index (χ0v) is 20.9. The number of aromatic nitrogens is 3. The van der Waals surface area contributed by atoms with E-state index in [1.807, 2.05) is 18.2 Å². The molecule has 0 bridgehead atoms. The normalized spacial score (nSPS) is 15.8. The third-order valence-corrected chi connectivity index (χ3v) is 6.53. The molecule has 1 N–H and O–H groups in total. The van der Waals surface area contributed by atoms with Gasteiger partial charge in [-0.1, -0.05) is 28.1 Å². The van der Waals surface area contributed by atoms with Crippen molar-refractivity contribution in [3.05, 3.63) is 63.9 Å². The number of anilines is 3.